The van der Waals surface area contributed by atoms with Gasteiger partial charge in [0.1, 0.15) is 11.5 Å². The van der Waals surface area contributed by atoms with Gasteiger partial charge in [-0.15, -0.1) is 0 Å². The van der Waals surface area contributed by atoms with E-state index in [1.165, 1.54) is 0 Å². The number of hydrogen-bond acceptors (Lipinski definition) is 2. The van der Waals surface area contributed by atoms with E-state index in [1.807, 2.05) is 27.7 Å². The minimum absolute atomic E-state index is 0.654. The maximum atomic E-state index is 6.05. The van der Waals surface area contributed by atoms with Crippen LogP contribution in [-0.4, -0.2) is 14.2 Å². The van der Waals surface area contributed by atoms with Crippen LogP contribution in [0.3, 0.4) is 0 Å². The zero-order valence-corrected chi connectivity index (χ0v) is 11.0. The van der Waals surface area contributed by atoms with Crippen molar-refractivity contribution >= 4 is 11.6 Å². The zero-order valence-electron chi connectivity index (χ0n) is 10.3. The Hall–Kier alpha value is -0.890. The fourth-order valence-corrected chi connectivity index (χ4v) is 1.46. The summed E-state index contributed by atoms with van der Waals surface area (Å²) in [4.78, 5) is 0. The van der Waals surface area contributed by atoms with Crippen molar-refractivity contribution in [3.05, 3.63) is 22.2 Å². The second-order valence-electron chi connectivity index (χ2n) is 2.85. The molecule has 0 aliphatic heterocycles. The molecule has 1 rings (SSSR count). The molecule has 1 aromatic rings. The third-order valence-electron chi connectivity index (χ3n) is 2.18. The molecular formula is C12H19ClO2. The molecule has 1 aromatic carbocycles. The SMILES string of the molecule is CC.COc1cc(OC)c(Cl)c(C)c1C. The summed E-state index contributed by atoms with van der Waals surface area (Å²) in [7, 11) is 3.23. The molecule has 15 heavy (non-hydrogen) atoms. The van der Waals surface area contributed by atoms with Gasteiger partial charge in [0.15, 0.2) is 0 Å². The van der Waals surface area contributed by atoms with Gasteiger partial charge < -0.3 is 9.47 Å². The lowest BCUT2D eigenvalue weighted by Crippen LogP contribution is -1.94. The number of halogens is 1. The van der Waals surface area contributed by atoms with Crippen LogP contribution in [0.2, 0.25) is 5.02 Å². The number of hydrogen-bond donors (Lipinski definition) is 0. The quantitative estimate of drug-likeness (QED) is 0.765. The molecule has 0 aromatic heterocycles. The monoisotopic (exact) mass is 230 g/mol. The molecule has 0 unspecified atom stereocenters. The first-order valence-corrected chi connectivity index (χ1v) is 5.37. The summed E-state index contributed by atoms with van der Waals surface area (Å²) in [5.74, 6) is 1.46. The summed E-state index contributed by atoms with van der Waals surface area (Å²) in [5, 5.41) is 0.654. The van der Waals surface area contributed by atoms with Crippen LogP contribution in [0.5, 0.6) is 11.5 Å². The fourth-order valence-electron chi connectivity index (χ4n) is 1.19. The van der Waals surface area contributed by atoms with E-state index in [4.69, 9.17) is 21.1 Å². The van der Waals surface area contributed by atoms with Crippen LogP contribution in [0.4, 0.5) is 0 Å². The zero-order chi connectivity index (χ0) is 12.0. The van der Waals surface area contributed by atoms with Gasteiger partial charge in [-0.25, -0.2) is 0 Å². The van der Waals surface area contributed by atoms with Crippen LogP contribution in [0.15, 0.2) is 6.07 Å². The largest absolute Gasteiger partial charge is 0.496 e. The summed E-state index contributed by atoms with van der Waals surface area (Å²) in [6, 6.07) is 1.80. The van der Waals surface area contributed by atoms with Crippen molar-refractivity contribution in [2.24, 2.45) is 0 Å². The van der Waals surface area contributed by atoms with E-state index in [0.29, 0.717) is 10.8 Å². The standard InChI is InChI=1S/C10H13ClO2.C2H6/c1-6-7(2)10(11)9(13-4)5-8(6)12-3;1-2/h5H,1-4H3;1-2H3. The van der Waals surface area contributed by atoms with Gasteiger partial charge in [-0.1, -0.05) is 25.4 Å². The summed E-state index contributed by atoms with van der Waals surface area (Å²) >= 11 is 6.05. The molecule has 0 heterocycles. The maximum Gasteiger partial charge on any atom is 0.141 e. The Bertz CT molecular complexity index is 294. The average Bonchev–Trinajstić information content (AvgIpc) is 2.29. The number of rotatable bonds is 2. The van der Waals surface area contributed by atoms with Crippen molar-refractivity contribution in [3.8, 4) is 11.5 Å². The third kappa shape index (κ3) is 3.03. The van der Waals surface area contributed by atoms with Crippen LogP contribution >= 0.6 is 11.6 Å². The highest BCUT2D eigenvalue weighted by Crippen LogP contribution is 2.35. The normalized spacial score (nSPS) is 9.00. The molecule has 0 radical (unpaired) electrons. The van der Waals surface area contributed by atoms with Crippen molar-refractivity contribution in [1.29, 1.82) is 0 Å². The Kier molecular flexibility index (Phi) is 6.18. The Balaban J connectivity index is 0.000000921. The summed E-state index contributed by atoms with van der Waals surface area (Å²) in [6.07, 6.45) is 0. The lowest BCUT2D eigenvalue weighted by Gasteiger charge is -2.12. The third-order valence-corrected chi connectivity index (χ3v) is 2.65. The van der Waals surface area contributed by atoms with E-state index in [-0.39, 0.29) is 0 Å². The number of ether oxygens (including phenoxy) is 2. The van der Waals surface area contributed by atoms with Crippen molar-refractivity contribution in [2.75, 3.05) is 14.2 Å². The number of methoxy groups -OCH3 is 2. The molecule has 0 fully saturated rings. The van der Waals surface area contributed by atoms with E-state index in [0.717, 1.165) is 16.9 Å². The van der Waals surface area contributed by atoms with Crippen LogP contribution in [-0.2, 0) is 0 Å². The molecule has 86 valence electrons. The molecule has 0 N–H and O–H groups in total. The van der Waals surface area contributed by atoms with E-state index in [9.17, 15) is 0 Å². The highest BCUT2D eigenvalue weighted by atomic mass is 35.5. The smallest absolute Gasteiger partial charge is 0.141 e. The van der Waals surface area contributed by atoms with Crippen LogP contribution in [0, 0.1) is 13.8 Å². The Morgan fingerprint density at radius 2 is 1.40 bits per heavy atom. The van der Waals surface area contributed by atoms with Gasteiger partial charge in [0.2, 0.25) is 0 Å². The lowest BCUT2D eigenvalue weighted by atomic mass is 10.1. The second kappa shape index (κ2) is 6.57. The average molecular weight is 231 g/mol. The molecule has 0 aliphatic carbocycles. The van der Waals surface area contributed by atoms with Gasteiger partial charge in [0.05, 0.1) is 19.2 Å². The molecule has 0 bridgehead atoms. The molecule has 0 saturated carbocycles. The molecule has 0 amide bonds. The van der Waals surface area contributed by atoms with Crippen molar-refractivity contribution in [3.63, 3.8) is 0 Å². The first kappa shape index (κ1) is 14.1. The molecule has 2 nitrogen and oxygen atoms in total. The lowest BCUT2D eigenvalue weighted by molar-refractivity contribution is 0.392. The highest BCUT2D eigenvalue weighted by molar-refractivity contribution is 6.33. The van der Waals surface area contributed by atoms with Crippen LogP contribution in [0.1, 0.15) is 25.0 Å². The predicted octanol–water partition coefficient (Wildman–Crippen LogP) is 4.00. The topological polar surface area (TPSA) is 18.5 Å². The fraction of sp³-hybridized carbons (Fsp3) is 0.500. The van der Waals surface area contributed by atoms with Crippen molar-refractivity contribution < 1.29 is 9.47 Å². The first-order chi connectivity index (χ1) is 7.11. The molecule has 3 heteroatoms. The molecule has 0 atom stereocenters. The van der Waals surface area contributed by atoms with Gasteiger partial charge in [-0.3, -0.25) is 0 Å². The Morgan fingerprint density at radius 1 is 0.933 bits per heavy atom. The van der Waals surface area contributed by atoms with E-state index in [1.54, 1.807) is 20.3 Å². The van der Waals surface area contributed by atoms with E-state index >= 15 is 0 Å². The Morgan fingerprint density at radius 3 is 1.80 bits per heavy atom. The molecule has 0 spiro atoms. The Labute approximate surface area is 97.2 Å². The van der Waals surface area contributed by atoms with Gasteiger partial charge in [0, 0.05) is 6.07 Å². The first-order valence-electron chi connectivity index (χ1n) is 4.99. The minimum atomic E-state index is 0.654. The minimum Gasteiger partial charge on any atom is -0.496 e. The van der Waals surface area contributed by atoms with Gasteiger partial charge in [-0.2, -0.15) is 0 Å². The van der Waals surface area contributed by atoms with Gasteiger partial charge >= 0.3 is 0 Å². The van der Waals surface area contributed by atoms with Crippen molar-refractivity contribution in [1.82, 2.24) is 0 Å². The van der Waals surface area contributed by atoms with E-state index < -0.39 is 0 Å². The summed E-state index contributed by atoms with van der Waals surface area (Å²) < 4.78 is 10.3. The maximum absolute atomic E-state index is 6.05. The van der Waals surface area contributed by atoms with E-state index in [2.05, 4.69) is 0 Å². The predicted molar refractivity (Wildman–Crippen MR) is 65.4 cm³/mol. The number of benzene rings is 1. The molecular weight excluding hydrogens is 212 g/mol. The van der Waals surface area contributed by atoms with Crippen LogP contribution in [0.25, 0.3) is 0 Å². The molecule has 0 saturated heterocycles. The highest BCUT2D eigenvalue weighted by Gasteiger charge is 2.11. The van der Waals surface area contributed by atoms with Crippen LogP contribution < -0.4 is 9.47 Å². The van der Waals surface area contributed by atoms with Crippen molar-refractivity contribution in [2.45, 2.75) is 27.7 Å². The van der Waals surface area contributed by atoms with Gasteiger partial charge in [0.25, 0.3) is 0 Å². The summed E-state index contributed by atoms with van der Waals surface area (Å²) in [6.45, 7) is 7.92. The molecule has 0 aliphatic rings. The second-order valence-corrected chi connectivity index (χ2v) is 3.22. The van der Waals surface area contributed by atoms with Gasteiger partial charge in [-0.05, 0) is 25.0 Å². The summed E-state index contributed by atoms with van der Waals surface area (Å²) in [5.41, 5.74) is 2.05.